The molecule has 2 heterocycles. The fraction of sp³-hybridized carbons (Fsp3) is 0.400. The average molecular weight is 341 g/mol. The van der Waals surface area contributed by atoms with Crippen LogP contribution < -0.4 is 14.8 Å². The van der Waals surface area contributed by atoms with Crippen molar-refractivity contribution in [3.63, 3.8) is 0 Å². The maximum absolute atomic E-state index is 9.62. The molecule has 0 aromatic heterocycles. The molecule has 0 radical (unpaired) electrons. The molecule has 2 atom stereocenters. The van der Waals surface area contributed by atoms with Crippen LogP contribution in [0.25, 0.3) is 0 Å². The molecule has 132 valence electrons. The second-order valence-corrected chi connectivity index (χ2v) is 6.50. The zero-order valence-electron chi connectivity index (χ0n) is 14.1. The van der Waals surface area contributed by atoms with Crippen LogP contribution in [-0.4, -0.2) is 37.6 Å². The van der Waals surface area contributed by atoms with Crippen molar-refractivity contribution in [2.75, 3.05) is 26.4 Å². The summed E-state index contributed by atoms with van der Waals surface area (Å²) in [6, 6.07) is 14.3. The van der Waals surface area contributed by atoms with Gasteiger partial charge in [0.15, 0.2) is 11.5 Å². The Labute approximate surface area is 147 Å². The van der Waals surface area contributed by atoms with Crippen molar-refractivity contribution in [2.45, 2.75) is 25.1 Å². The molecule has 5 nitrogen and oxygen atoms in total. The number of fused-ring (bicyclic) bond motifs is 2. The number of ether oxygens (including phenoxy) is 3. The molecule has 5 heteroatoms. The van der Waals surface area contributed by atoms with Crippen LogP contribution >= 0.6 is 0 Å². The highest BCUT2D eigenvalue weighted by molar-refractivity contribution is 5.50. The number of nitrogens with one attached hydrogen (secondary N) is 1. The lowest BCUT2D eigenvalue weighted by Gasteiger charge is -2.33. The number of aliphatic hydroxyl groups is 1. The SMILES string of the molecule is OC[C@@H]1Cc2cc3c(cc2[C@H](COCc2ccccc2)N1)OCCO3. The van der Waals surface area contributed by atoms with Gasteiger partial charge in [0.25, 0.3) is 0 Å². The van der Waals surface area contributed by atoms with Crippen molar-refractivity contribution in [2.24, 2.45) is 0 Å². The molecule has 0 bridgehead atoms. The molecule has 2 N–H and O–H groups in total. The van der Waals surface area contributed by atoms with E-state index >= 15 is 0 Å². The van der Waals surface area contributed by atoms with Gasteiger partial charge in [0.05, 0.1) is 25.9 Å². The fourth-order valence-corrected chi connectivity index (χ4v) is 3.47. The minimum absolute atomic E-state index is 0.0281. The third-order valence-corrected chi connectivity index (χ3v) is 4.70. The second-order valence-electron chi connectivity index (χ2n) is 6.50. The van der Waals surface area contributed by atoms with Crippen molar-refractivity contribution in [3.05, 3.63) is 59.2 Å². The van der Waals surface area contributed by atoms with Gasteiger partial charge in [-0.25, -0.2) is 0 Å². The van der Waals surface area contributed by atoms with Gasteiger partial charge in [0.2, 0.25) is 0 Å². The van der Waals surface area contributed by atoms with E-state index in [0.29, 0.717) is 26.4 Å². The number of aliphatic hydroxyl groups excluding tert-OH is 1. The molecule has 2 aliphatic heterocycles. The van der Waals surface area contributed by atoms with Crippen LogP contribution in [0.1, 0.15) is 22.7 Å². The maximum atomic E-state index is 9.62. The van der Waals surface area contributed by atoms with E-state index in [2.05, 4.69) is 29.6 Å². The Hall–Kier alpha value is -2.08. The Kier molecular flexibility index (Phi) is 4.88. The molecule has 2 aromatic carbocycles. The van der Waals surface area contributed by atoms with Crippen LogP contribution in [0, 0.1) is 0 Å². The first-order valence-electron chi connectivity index (χ1n) is 8.74. The van der Waals surface area contributed by atoms with Gasteiger partial charge in [-0.2, -0.15) is 0 Å². The number of benzene rings is 2. The van der Waals surface area contributed by atoms with Gasteiger partial charge in [-0.1, -0.05) is 30.3 Å². The molecule has 2 aliphatic rings. The largest absolute Gasteiger partial charge is 0.486 e. The first-order valence-corrected chi connectivity index (χ1v) is 8.74. The van der Waals surface area contributed by atoms with E-state index in [1.807, 2.05) is 18.2 Å². The molecule has 4 rings (SSSR count). The molecule has 0 amide bonds. The van der Waals surface area contributed by atoms with Gasteiger partial charge < -0.3 is 24.6 Å². The molecule has 0 fully saturated rings. The topological polar surface area (TPSA) is 60.0 Å². The number of hydrogen-bond donors (Lipinski definition) is 2. The van der Waals surface area contributed by atoms with Crippen LogP contribution in [0.4, 0.5) is 0 Å². The monoisotopic (exact) mass is 341 g/mol. The van der Waals surface area contributed by atoms with Gasteiger partial charge in [0, 0.05) is 6.04 Å². The summed E-state index contributed by atoms with van der Waals surface area (Å²) in [6.07, 6.45) is 0.775. The summed E-state index contributed by atoms with van der Waals surface area (Å²) in [6.45, 7) is 2.37. The van der Waals surface area contributed by atoms with E-state index in [0.717, 1.165) is 23.5 Å². The zero-order valence-corrected chi connectivity index (χ0v) is 14.1. The zero-order chi connectivity index (χ0) is 17.1. The molecule has 0 spiro atoms. The Morgan fingerprint density at radius 2 is 1.84 bits per heavy atom. The summed E-state index contributed by atoms with van der Waals surface area (Å²) >= 11 is 0. The normalized spacial score (nSPS) is 21.6. The van der Waals surface area contributed by atoms with E-state index in [-0.39, 0.29) is 18.7 Å². The molecule has 0 unspecified atom stereocenters. The standard InChI is InChI=1S/C20H23NO4/c22-11-16-8-15-9-19-20(25-7-6-24-19)10-17(15)18(21-16)13-23-12-14-4-2-1-3-5-14/h1-5,9-10,16,18,21-22H,6-8,11-13H2/t16-,18-/m0/s1. The lowest BCUT2D eigenvalue weighted by Crippen LogP contribution is -2.43. The first-order chi connectivity index (χ1) is 12.3. The molecule has 0 aliphatic carbocycles. The molecule has 0 saturated heterocycles. The predicted molar refractivity (Wildman–Crippen MR) is 94.0 cm³/mol. The maximum Gasteiger partial charge on any atom is 0.161 e. The first kappa shape index (κ1) is 16.4. The van der Waals surface area contributed by atoms with E-state index in [1.165, 1.54) is 11.1 Å². The van der Waals surface area contributed by atoms with Crippen molar-refractivity contribution in [1.29, 1.82) is 0 Å². The highest BCUT2D eigenvalue weighted by Crippen LogP contribution is 2.38. The average Bonchev–Trinajstić information content (AvgIpc) is 2.67. The molecule has 2 aromatic rings. The fourth-order valence-electron chi connectivity index (χ4n) is 3.47. The number of rotatable bonds is 5. The highest BCUT2D eigenvalue weighted by Gasteiger charge is 2.28. The van der Waals surface area contributed by atoms with Crippen LogP contribution in [-0.2, 0) is 17.8 Å². The Balaban J connectivity index is 1.51. The van der Waals surface area contributed by atoms with Crippen LogP contribution in [0.15, 0.2) is 42.5 Å². The summed E-state index contributed by atoms with van der Waals surface area (Å²) in [5, 5.41) is 13.1. The van der Waals surface area contributed by atoms with Crippen molar-refractivity contribution in [3.8, 4) is 11.5 Å². The second kappa shape index (κ2) is 7.44. The minimum Gasteiger partial charge on any atom is -0.486 e. The summed E-state index contributed by atoms with van der Waals surface area (Å²) in [5.41, 5.74) is 3.51. The van der Waals surface area contributed by atoms with Gasteiger partial charge in [-0.05, 0) is 35.2 Å². The molecule has 25 heavy (non-hydrogen) atoms. The van der Waals surface area contributed by atoms with Crippen LogP contribution in [0.2, 0.25) is 0 Å². The highest BCUT2D eigenvalue weighted by atomic mass is 16.6. The molecular formula is C20H23NO4. The van der Waals surface area contributed by atoms with Gasteiger partial charge >= 0.3 is 0 Å². The Morgan fingerprint density at radius 3 is 2.60 bits per heavy atom. The van der Waals surface area contributed by atoms with Gasteiger partial charge in [0.1, 0.15) is 13.2 Å². The Bertz CT molecular complexity index is 719. The van der Waals surface area contributed by atoms with E-state index < -0.39 is 0 Å². The van der Waals surface area contributed by atoms with E-state index in [9.17, 15) is 5.11 Å². The van der Waals surface area contributed by atoms with Gasteiger partial charge in [-0.15, -0.1) is 0 Å². The van der Waals surface area contributed by atoms with E-state index in [1.54, 1.807) is 0 Å². The summed E-state index contributed by atoms with van der Waals surface area (Å²) in [4.78, 5) is 0. The smallest absolute Gasteiger partial charge is 0.161 e. The number of hydrogen-bond acceptors (Lipinski definition) is 5. The quantitative estimate of drug-likeness (QED) is 0.873. The Morgan fingerprint density at radius 1 is 1.08 bits per heavy atom. The van der Waals surface area contributed by atoms with Crippen molar-refractivity contribution >= 4 is 0 Å². The molecule has 0 saturated carbocycles. The van der Waals surface area contributed by atoms with Crippen molar-refractivity contribution in [1.82, 2.24) is 5.32 Å². The molecular weight excluding hydrogens is 318 g/mol. The summed E-state index contributed by atoms with van der Waals surface area (Å²) in [7, 11) is 0. The lowest BCUT2D eigenvalue weighted by atomic mass is 9.90. The van der Waals surface area contributed by atoms with E-state index in [4.69, 9.17) is 14.2 Å². The van der Waals surface area contributed by atoms with Gasteiger partial charge in [-0.3, -0.25) is 0 Å². The lowest BCUT2D eigenvalue weighted by molar-refractivity contribution is 0.0868. The van der Waals surface area contributed by atoms with Crippen LogP contribution in [0.5, 0.6) is 11.5 Å². The minimum atomic E-state index is 0.0281. The summed E-state index contributed by atoms with van der Waals surface area (Å²) in [5.74, 6) is 1.59. The van der Waals surface area contributed by atoms with Crippen LogP contribution in [0.3, 0.4) is 0 Å². The summed E-state index contributed by atoms with van der Waals surface area (Å²) < 4.78 is 17.4. The third kappa shape index (κ3) is 3.63. The third-order valence-electron chi connectivity index (χ3n) is 4.70. The predicted octanol–water partition coefficient (Wildman–Crippen LogP) is 2.22. The van der Waals surface area contributed by atoms with Crippen molar-refractivity contribution < 1.29 is 19.3 Å².